The Morgan fingerprint density at radius 3 is 2.57 bits per heavy atom. The highest BCUT2D eigenvalue weighted by atomic mass is 32.2. The molecule has 2 aliphatic heterocycles. The molecule has 1 saturated carbocycles. The summed E-state index contributed by atoms with van der Waals surface area (Å²) in [5.41, 5.74) is 0. The second kappa shape index (κ2) is 7.74. The van der Waals surface area contributed by atoms with Gasteiger partial charge < -0.3 is 9.47 Å². The smallest absolute Gasteiger partial charge is 0.225 e. The van der Waals surface area contributed by atoms with Crippen LogP contribution in [-0.4, -0.2) is 63.2 Å². The van der Waals surface area contributed by atoms with Crippen LogP contribution in [0.2, 0.25) is 0 Å². The van der Waals surface area contributed by atoms with E-state index in [-0.39, 0.29) is 17.9 Å². The molecule has 156 valence electrons. The number of rotatable bonds is 6. The first-order chi connectivity index (χ1) is 13.4. The van der Waals surface area contributed by atoms with Gasteiger partial charge in [0, 0.05) is 32.1 Å². The van der Waals surface area contributed by atoms with E-state index in [1.807, 2.05) is 4.57 Å². The Hall–Kier alpha value is -1.48. The fourth-order valence-corrected chi connectivity index (χ4v) is 6.85. The fourth-order valence-electron chi connectivity index (χ4n) is 4.79. The molecular formula is C19H31N5O3S. The summed E-state index contributed by atoms with van der Waals surface area (Å²) in [5.74, 6) is 1.44. The van der Waals surface area contributed by atoms with Gasteiger partial charge in [-0.1, -0.05) is 26.7 Å². The highest BCUT2D eigenvalue weighted by molar-refractivity contribution is 7.89. The zero-order valence-corrected chi connectivity index (χ0v) is 17.6. The maximum Gasteiger partial charge on any atom is 0.225 e. The molecule has 0 bridgehead atoms. The highest BCUT2D eigenvalue weighted by Crippen LogP contribution is 2.37. The molecule has 0 N–H and O–H groups in total. The molecule has 0 spiro atoms. The SMILES string of the molecule is CC(C)Cn1cnnc1C1CCCN1S(=O)(=O)C1CN(C(=O)C2CCCC2)C1. The summed E-state index contributed by atoms with van der Waals surface area (Å²) >= 11 is 0. The average Bonchev–Trinajstić information content (AvgIpc) is 3.33. The van der Waals surface area contributed by atoms with Gasteiger partial charge in [0.15, 0.2) is 5.82 Å². The second-order valence-corrected chi connectivity index (χ2v) is 11.1. The number of carbonyl (C=O) groups is 1. The molecule has 9 heteroatoms. The molecule has 1 aromatic rings. The summed E-state index contributed by atoms with van der Waals surface area (Å²) in [6.07, 6.45) is 7.42. The summed E-state index contributed by atoms with van der Waals surface area (Å²) in [4.78, 5) is 14.3. The van der Waals surface area contributed by atoms with Crippen molar-refractivity contribution in [2.45, 2.75) is 70.2 Å². The number of sulfonamides is 1. The molecule has 3 fully saturated rings. The van der Waals surface area contributed by atoms with Crippen molar-refractivity contribution in [3.05, 3.63) is 12.2 Å². The van der Waals surface area contributed by atoms with E-state index >= 15 is 0 Å². The van der Waals surface area contributed by atoms with Gasteiger partial charge in [-0.05, 0) is 31.6 Å². The van der Waals surface area contributed by atoms with Gasteiger partial charge in [0.1, 0.15) is 11.6 Å². The molecule has 1 atom stereocenters. The fraction of sp³-hybridized carbons (Fsp3) is 0.842. The molecule has 0 radical (unpaired) electrons. The molecule has 1 aromatic heterocycles. The predicted molar refractivity (Wildman–Crippen MR) is 105 cm³/mol. The summed E-state index contributed by atoms with van der Waals surface area (Å²) < 4.78 is 30.2. The lowest BCUT2D eigenvalue weighted by molar-refractivity contribution is -0.138. The van der Waals surface area contributed by atoms with Crippen molar-refractivity contribution in [1.82, 2.24) is 24.0 Å². The lowest BCUT2D eigenvalue weighted by Crippen LogP contribution is -2.60. The van der Waals surface area contributed by atoms with Gasteiger partial charge in [-0.25, -0.2) is 8.42 Å². The van der Waals surface area contributed by atoms with Crippen LogP contribution in [0, 0.1) is 11.8 Å². The van der Waals surface area contributed by atoms with E-state index in [2.05, 4.69) is 24.0 Å². The third kappa shape index (κ3) is 3.58. The van der Waals surface area contributed by atoms with Crippen LogP contribution in [0.25, 0.3) is 0 Å². The predicted octanol–water partition coefficient (Wildman–Crippen LogP) is 1.80. The van der Waals surface area contributed by atoms with E-state index in [4.69, 9.17) is 0 Å². The van der Waals surface area contributed by atoms with E-state index < -0.39 is 15.3 Å². The summed E-state index contributed by atoms with van der Waals surface area (Å²) in [7, 11) is -3.45. The van der Waals surface area contributed by atoms with Gasteiger partial charge in [-0.2, -0.15) is 4.31 Å². The minimum atomic E-state index is -3.45. The second-order valence-electron chi connectivity index (χ2n) is 8.90. The largest absolute Gasteiger partial charge is 0.340 e. The number of hydrogen-bond acceptors (Lipinski definition) is 5. The molecule has 3 heterocycles. The van der Waals surface area contributed by atoms with Crippen LogP contribution in [0.15, 0.2) is 6.33 Å². The molecule has 3 aliphatic rings. The van der Waals surface area contributed by atoms with Crippen LogP contribution in [0.4, 0.5) is 0 Å². The molecule has 1 amide bonds. The highest BCUT2D eigenvalue weighted by Gasteiger charge is 2.48. The Bertz CT molecular complexity index is 809. The Balaban J connectivity index is 1.44. The zero-order chi connectivity index (χ0) is 19.9. The number of amides is 1. The zero-order valence-electron chi connectivity index (χ0n) is 16.8. The van der Waals surface area contributed by atoms with E-state index in [0.29, 0.717) is 25.6 Å². The van der Waals surface area contributed by atoms with Crippen LogP contribution in [0.5, 0.6) is 0 Å². The van der Waals surface area contributed by atoms with Crippen molar-refractivity contribution in [2.75, 3.05) is 19.6 Å². The van der Waals surface area contributed by atoms with Crippen molar-refractivity contribution in [2.24, 2.45) is 11.8 Å². The number of hydrogen-bond donors (Lipinski definition) is 0. The van der Waals surface area contributed by atoms with Crippen LogP contribution >= 0.6 is 0 Å². The van der Waals surface area contributed by atoms with Crippen molar-refractivity contribution >= 4 is 15.9 Å². The molecule has 1 aliphatic carbocycles. The summed E-state index contributed by atoms with van der Waals surface area (Å²) in [5, 5.41) is 7.80. The Morgan fingerprint density at radius 2 is 1.89 bits per heavy atom. The van der Waals surface area contributed by atoms with Gasteiger partial charge in [-0.15, -0.1) is 10.2 Å². The Morgan fingerprint density at radius 1 is 1.18 bits per heavy atom. The van der Waals surface area contributed by atoms with Crippen LogP contribution in [0.1, 0.15) is 64.2 Å². The maximum absolute atomic E-state index is 13.3. The van der Waals surface area contributed by atoms with Gasteiger partial charge in [0.05, 0.1) is 6.04 Å². The van der Waals surface area contributed by atoms with Crippen LogP contribution in [-0.2, 0) is 21.4 Å². The monoisotopic (exact) mass is 409 g/mol. The molecule has 28 heavy (non-hydrogen) atoms. The minimum absolute atomic E-state index is 0.109. The van der Waals surface area contributed by atoms with Gasteiger partial charge in [0.2, 0.25) is 15.9 Å². The van der Waals surface area contributed by atoms with Crippen LogP contribution in [0.3, 0.4) is 0 Å². The van der Waals surface area contributed by atoms with Gasteiger partial charge >= 0.3 is 0 Å². The van der Waals surface area contributed by atoms with Gasteiger partial charge in [0.25, 0.3) is 0 Å². The third-order valence-electron chi connectivity index (χ3n) is 6.32. The number of likely N-dealkylation sites (tertiary alicyclic amines) is 1. The number of nitrogens with zero attached hydrogens (tertiary/aromatic N) is 5. The molecule has 2 saturated heterocycles. The van der Waals surface area contributed by atoms with E-state index in [1.165, 1.54) is 0 Å². The maximum atomic E-state index is 13.3. The molecule has 0 aromatic carbocycles. The average molecular weight is 410 g/mol. The normalized spacial score (nSPS) is 25.0. The first-order valence-electron chi connectivity index (χ1n) is 10.5. The van der Waals surface area contributed by atoms with Crippen LogP contribution < -0.4 is 0 Å². The quantitative estimate of drug-likeness (QED) is 0.715. The first-order valence-corrected chi connectivity index (χ1v) is 12.1. The van der Waals surface area contributed by atoms with E-state index in [0.717, 1.165) is 50.9 Å². The molecule has 8 nitrogen and oxygen atoms in total. The lowest BCUT2D eigenvalue weighted by atomic mass is 10.0. The first kappa shape index (κ1) is 19.8. The van der Waals surface area contributed by atoms with Crippen molar-refractivity contribution < 1.29 is 13.2 Å². The van der Waals surface area contributed by atoms with E-state index in [1.54, 1.807) is 15.5 Å². The summed E-state index contributed by atoms with van der Waals surface area (Å²) in [6.45, 7) is 6.21. The number of carbonyl (C=O) groups excluding carboxylic acids is 1. The molecule has 4 rings (SSSR count). The van der Waals surface area contributed by atoms with Gasteiger partial charge in [-0.3, -0.25) is 4.79 Å². The minimum Gasteiger partial charge on any atom is -0.340 e. The topological polar surface area (TPSA) is 88.4 Å². The lowest BCUT2D eigenvalue weighted by Gasteiger charge is -2.42. The summed E-state index contributed by atoms with van der Waals surface area (Å²) in [6, 6.07) is -0.245. The Labute approximate surface area is 167 Å². The van der Waals surface area contributed by atoms with Crippen molar-refractivity contribution in [3.63, 3.8) is 0 Å². The molecule has 1 unspecified atom stereocenters. The third-order valence-corrected chi connectivity index (χ3v) is 8.55. The van der Waals surface area contributed by atoms with E-state index in [9.17, 15) is 13.2 Å². The van der Waals surface area contributed by atoms with Crippen molar-refractivity contribution in [3.8, 4) is 0 Å². The number of aromatic nitrogens is 3. The standard InChI is InChI=1S/C19H31N5O3S/c1-14(2)10-23-13-20-21-18(23)17-8-5-9-24(17)28(26,27)16-11-22(12-16)19(25)15-6-3-4-7-15/h13-17H,3-12H2,1-2H3. The Kier molecular flexibility index (Phi) is 5.48. The molecular weight excluding hydrogens is 378 g/mol. The van der Waals surface area contributed by atoms with Crippen molar-refractivity contribution in [1.29, 1.82) is 0 Å².